The molecule has 0 amide bonds. The lowest BCUT2D eigenvalue weighted by atomic mass is 9.99. The van der Waals surface area contributed by atoms with E-state index < -0.39 is 0 Å². The molecule has 0 heterocycles. The molecule has 3 rings (SSSR count). The van der Waals surface area contributed by atoms with Gasteiger partial charge in [-0.3, -0.25) is 0 Å². The third-order valence-corrected chi connectivity index (χ3v) is 5.66. The normalized spacial score (nSPS) is 10.6. The van der Waals surface area contributed by atoms with Gasteiger partial charge in [-0.15, -0.1) is 0 Å². The van der Waals surface area contributed by atoms with E-state index in [2.05, 4.69) is 47.8 Å². The van der Waals surface area contributed by atoms with Gasteiger partial charge in [0, 0.05) is 35.1 Å². The molecule has 38 heavy (non-hydrogen) atoms. The van der Waals surface area contributed by atoms with Gasteiger partial charge in [0.1, 0.15) is 13.2 Å². The zero-order chi connectivity index (χ0) is 26.7. The summed E-state index contributed by atoms with van der Waals surface area (Å²) in [6.07, 6.45) is 9.49. The van der Waals surface area contributed by atoms with Crippen LogP contribution in [0, 0.1) is 23.7 Å². The molecule has 0 saturated carbocycles. The molecule has 4 heteroatoms. The van der Waals surface area contributed by atoms with E-state index in [0.29, 0.717) is 13.2 Å². The van der Waals surface area contributed by atoms with Crippen LogP contribution in [0.3, 0.4) is 0 Å². The first-order valence-electron chi connectivity index (χ1n) is 13.3. The van der Waals surface area contributed by atoms with Gasteiger partial charge in [-0.1, -0.05) is 121 Å². The van der Waals surface area contributed by atoms with Crippen LogP contribution in [0.15, 0.2) is 83.1 Å². The number of hydrogen-bond acceptors (Lipinski definition) is 4. The Labute approximate surface area is 227 Å². The lowest BCUT2D eigenvalue weighted by Gasteiger charge is -2.06. The van der Waals surface area contributed by atoms with Crippen LogP contribution in [0.25, 0.3) is 0 Å². The van der Waals surface area contributed by atoms with Crippen LogP contribution < -0.4 is 0 Å². The summed E-state index contributed by atoms with van der Waals surface area (Å²) in [4.78, 5) is 11.1. The fraction of sp³-hybridized carbons (Fsp3) is 0.294. The molecule has 0 aliphatic heterocycles. The summed E-state index contributed by atoms with van der Waals surface area (Å²) < 4.78 is 0. The second-order valence-corrected chi connectivity index (χ2v) is 8.82. The molecule has 194 valence electrons. The van der Waals surface area contributed by atoms with Crippen molar-refractivity contribution in [3.63, 3.8) is 0 Å². The van der Waals surface area contributed by atoms with E-state index >= 15 is 0 Å². The summed E-state index contributed by atoms with van der Waals surface area (Å²) in [7, 11) is 0. The third kappa shape index (κ3) is 10.4. The van der Waals surface area contributed by atoms with Gasteiger partial charge in [-0.05, 0) is 36.1 Å². The van der Waals surface area contributed by atoms with Crippen molar-refractivity contribution >= 4 is 12.4 Å². The fourth-order valence-electron chi connectivity index (χ4n) is 3.47. The van der Waals surface area contributed by atoms with Crippen LogP contribution in [-0.2, 0) is 22.9 Å². The maximum absolute atomic E-state index is 5.57. The SMILES string of the molecule is CCCCC#Cc1cc(/C=N/OCc2ccccc2)c(C#CCCCC)cc1/C=N/OCc1ccccc1. The molecule has 0 aromatic heterocycles. The molecule has 0 unspecified atom stereocenters. The smallest absolute Gasteiger partial charge is 0.142 e. The summed E-state index contributed by atoms with van der Waals surface area (Å²) in [5, 5.41) is 8.46. The summed E-state index contributed by atoms with van der Waals surface area (Å²) >= 11 is 0. The minimum absolute atomic E-state index is 0.405. The van der Waals surface area contributed by atoms with Gasteiger partial charge in [0.15, 0.2) is 0 Å². The van der Waals surface area contributed by atoms with E-state index in [-0.39, 0.29) is 0 Å². The molecule has 0 aliphatic carbocycles. The first kappa shape index (κ1) is 28.3. The van der Waals surface area contributed by atoms with E-state index in [1.54, 1.807) is 12.4 Å². The van der Waals surface area contributed by atoms with E-state index in [1.165, 1.54) is 0 Å². The predicted octanol–water partition coefficient (Wildman–Crippen LogP) is 7.87. The Morgan fingerprint density at radius 2 is 1.05 bits per heavy atom. The van der Waals surface area contributed by atoms with Crippen LogP contribution in [0.2, 0.25) is 0 Å². The zero-order valence-corrected chi connectivity index (χ0v) is 22.5. The molecule has 0 fully saturated rings. The molecule has 0 radical (unpaired) electrons. The molecule has 0 aliphatic rings. The molecule has 3 aromatic rings. The molecule has 4 nitrogen and oxygen atoms in total. The zero-order valence-electron chi connectivity index (χ0n) is 22.5. The average Bonchev–Trinajstić information content (AvgIpc) is 2.96. The number of nitrogens with zero attached hydrogens (tertiary/aromatic N) is 2. The Hall–Kier alpha value is -4.28. The topological polar surface area (TPSA) is 43.2 Å². The Bertz CT molecular complexity index is 1190. The molecular weight excluding hydrogens is 468 g/mol. The molecule has 0 saturated heterocycles. The molecule has 0 bridgehead atoms. The number of oxime groups is 2. The van der Waals surface area contributed by atoms with Crippen LogP contribution in [0.4, 0.5) is 0 Å². The molecule has 3 aromatic carbocycles. The Kier molecular flexibility index (Phi) is 12.8. The minimum Gasteiger partial charge on any atom is -0.391 e. The van der Waals surface area contributed by atoms with Crippen LogP contribution >= 0.6 is 0 Å². The molecule has 0 N–H and O–H groups in total. The third-order valence-electron chi connectivity index (χ3n) is 5.66. The second kappa shape index (κ2) is 17.2. The minimum atomic E-state index is 0.405. The Morgan fingerprint density at radius 1 is 0.632 bits per heavy atom. The highest BCUT2D eigenvalue weighted by Crippen LogP contribution is 2.15. The largest absolute Gasteiger partial charge is 0.391 e. The first-order valence-corrected chi connectivity index (χ1v) is 13.3. The number of benzene rings is 3. The van der Waals surface area contributed by atoms with E-state index in [0.717, 1.165) is 71.9 Å². The van der Waals surface area contributed by atoms with Crippen LogP contribution in [0.1, 0.15) is 85.8 Å². The monoisotopic (exact) mass is 504 g/mol. The van der Waals surface area contributed by atoms with Crippen molar-refractivity contribution in [2.45, 2.75) is 65.6 Å². The van der Waals surface area contributed by atoms with E-state index in [4.69, 9.17) is 9.68 Å². The van der Waals surface area contributed by atoms with Crippen molar-refractivity contribution in [1.29, 1.82) is 0 Å². The van der Waals surface area contributed by atoms with Gasteiger partial charge in [-0.25, -0.2) is 0 Å². The molecule has 0 atom stereocenters. The summed E-state index contributed by atoms with van der Waals surface area (Å²) in [6, 6.07) is 24.0. The maximum atomic E-state index is 5.57. The van der Waals surface area contributed by atoms with Gasteiger partial charge in [0.05, 0.1) is 12.4 Å². The van der Waals surface area contributed by atoms with E-state index in [9.17, 15) is 0 Å². The maximum Gasteiger partial charge on any atom is 0.142 e. The quantitative estimate of drug-likeness (QED) is 0.109. The highest BCUT2D eigenvalue weighted by Gasteiger charge is 2.07. The number of unbranched alkanes of at least 4 members (excludes halogenated alkanes) is 4. The van der Waals surface area contributed by atoms with Gasteiger partial charge in [0.2, 0.25) is 0 Å². The highest BCUT2D eigenvalue weighted by molar-refractivity contribution is 5.90. The average molecular weight is 505 g/mol. The second-order valence-electron chi connectivity index (χ2n) is 8.82. The number of hydrogen-bond donors (Lipinski definition) is 0. The standard InChI is InChI=1S/C34H36N2O2/c1-3-5-7-15-21-31-23-34(26-36-38-28-30-19-13-10-14-20-30)32(22-16-8-6-4-2)24-33(31)25-35-37-27-29-17-11-9-12-18-29/h9-14,17-20,23-26H,3-8,27-28H2,1-2H3/b35-25+,36-26+. The lowest BCUT2D eigenvalue weighted by Crippen LogP contribution is -1.98. The predicted molar refractivity (Wildman–Crippen MR) is 157 cm³/mol. The van der Waals surface area contributed by atoms with Gasteiger partial charge in [-0.2, -0.15) is 0 Å². The van der Waals surface area contributed by atoms with Gasteiger partial charge < -0.3 is 9.68 Å². The summed E-state index contributed by atoms with van der Waals surface area (Å²) in [5.41, 5.74) is 5.57. The van der Waals surface area contributed by atoms with E-state index in [1.807, 2.05) is 72.8 Å². The van der Waals surface area contributed by atoms with Crippen molar-refractivity contribution in [3.05, 3.63) is 106 Å². The highest BCUT2D eigenvalue weighted by atomic mass is 16.6. The molecular formula is C34H36N2O2. The molecule has 0 spiro atoms. The lowest BCUT2D eigenvalue weighted by molar-refractivity contribution is 0.132. The Morgan fingerprint density at radius 3 is 1.45 bits per heavy atom. The summed E-state index contributed by atoms with van der Waals surface area (Å²) in [5.74, 6) is 13.2. The van der Waals surface area contributed by atoms with Crippen molar-refractivity contribution in [2.75, 3.05) is 0 Å². The van der Waals surface area contributed by atoms with Crippen LogP contribution in [0.5, 0.6) is 0 Å². The van der Waals surface area contributed by atoms with Gasteiger partial charge >= 0.3 is 0 Å². The first-order chi connectivity index (χ1) is 18.8. The number of rotatable bonds is 12. The van der Waals surface area contributed by atoms with Gasteiger partial charge in [0.25, 0.3) is 0 Å². The van der Waals surface area contributed by atoms with Crippen molar-refractivity contribution in [3.8, 4) is 23.7 Å². The Balaban J connectivity index is 1.86. The van der Waals surface area contributed by atoms with Crippen LogP contribution in [-0.4, -0.2) is 12.4 Å². The fourth-order valence-corrected chi connectivity index (χ4v) is 3.47. The summed E-state index contributed by atoms with van der Waals surface area (Å²) in [6.45, 7) is 5.14. The van der Waals surface area contributed by atoms with Crippen molar-refractivity contribution < 1.29 is 9.68 Å². The van der Waals surface area contributed by atoms with Crippen molar-refractivity contribution in [2.24, 2.45) is 10.3 Å². The van der Waals surface area contributed by atoms with Crippen molar-refractivity contribution in [1.82, 2.24) is 0 Å².